The van der Waals surface area contributed by atoms with E-state index in [4.69, 9.17) is 0 Å². The standard InChI is InChI=1S/C9H9BrN4O/c1-13-5-11-2-7(13)4-14-6-12-3-8(10)9(14)15/h2-3,5-6H,4H2,1H3. The molecule has 2 aromatic rings. The number of rotatable bonds is 2. The predicted molar refractivity (Wildman–Crippen MR) is 58.5 cm³/mol. The van der Waals surface area contributed by atoms with Gasteiger partial charge in [0.1, 0.15) is 4.47 Å². The molecule has 0 N–H and O–H groups in total. The number of hydrogen-bond donors (Lipinski definition) is 0. The molecule has 0 spiro atoms. The first kappa shape index (κ1) is 10.1. The van der Waals surface area contributed by atoms with Gasteiger partial charge in [0.25, 0.3) is 5.56 Å². The van der Waals surface area contributed by atoms with Gasteiger partial charge in [-0.15, -0.1) is 0 Å². The third-order valence-electron chi connectivity index (χ3n) is 2.11. The van der Waals surface area contributed by atoms with Gasteiger partial charge < -0.3 is 4.57 Å². The minimum absolute atomic E-state index is 0.0915. The zero-order chi connectivity index (χ0) is 10.8. The number of imidazole rings is 1. The molecule has 5 nitrogen and oxygen atoms in total. The Labute approximate surface area is 94.5 Å². The Morgan fingerprint density at radius 3 is 2.73 bits per heavy atom. The van der Waals surface area contributed by atoms with Gasteiger partial charge in [-0.05, 0) is 15.9 Å². The van der Waals surface area contributed by atoms with Gasteiger partial charge in [-0.2, -0.15) is 0 Å². The van der Waals surface area contributed by atoms with Crippen LogP contribution < -0.4 is 5.56 Å². The largest absolute Gasteiger partial charge is 0.336 e. The molecule has 0 aliphatic carbocycles. The fraction of sp³-hybridized carbons (Fsp3) is 0.222. The van der Waals surface area contributed by atoms with Crippen LogP contribution in [0.25, 0.3) is 0 Å². The third-order valence-corrected chi connectivity index (χ3v) is 2.65. The van der Waals surface area contributed by atoms with Gasteiger partial charge in [0.05, 0.1) is 24.9 Å². The Kier molecular flexibility index (Phi) is 2.68. The van der Waals surface area contributed by atoms with Gasteiger partial charge in [-0.1, -0.05) is 0 Å². The molecule has 0 radical (unpaired) electrons. The van der Waals surface area contributed by atoms with Crippen molar-refractivity contribution < 1.29 is 0 Å². The second kappa shape index (κ2) is 3.98. The quantitative estimate of drug-likeness (QED) is 0.809. The van der Waals surface area contributed by atoms with Crippen molar-refractivity contribution in [3.63, 3.8) is 0 Å². The smallest absolute Gasteiger partial charge is 0.267 e. The van der Waals surface area contributed by atoms with Crippen molar-refractivity contribution in [2.24, 2.45) is 7.05 Å². The summed E-state index contributed by atoms with van der Waals surface area (Å²) < 4.78 is 3.86. The highest BCUT2D eigenvalue weighted by Gasteiger charge is 2.03. The van der Waals surface area contributed by atoms with E-state index in [1.165, 1.54) is 17.1 Å². The van der Waals surface area contributed by atoms with E-state index in [9.17, 15) is 4.79 Å². The van der Waals surface area contributed by atoms with E-state index in [-0.39, 0.29) is 5.56 Å². The van der Waals surface area contributed by atoms with Crippen LogP contribution in [0.5, 0.6) is 0 Å². The van der Waals surface area contributed by atoms with Gasteiger partial charge in [0, 0.05) is 19.4 Å². The topological polar surface area (TPSA) is 52.7 Å². The van der Waals surface area contributed by atoms with Crippen molar-refractivity contribution >= 4 is 15.9 Å². The molecule has 2 heterocycles. The average molecular weight is 269 g/mol. The zero-order valence-electron chi connectivity index (χ0n) is 8.09. The van der Waals surface area contributed by atoms with Crippen LogP contribution in [0.15, 0.2) is 34.3 Å². The number of aryl methyl sites for hydroxylation is 1. The van der Waals surface area contributed by atoms with Crippen molar-refractivity contribution in [1.82, 2.24) is 19.1 Å². The highest BCUT2D eigenvalue weighted by Crippen LogP contribution is 2.01. The highest BCUT2D eigenvalue weighted by atomic mass is 79.9. The maximum absolute atomic E-state index is 11.7. The van der Waals surface area contributed by atoms with E-state index >= 15 is 0 Å². The van der Waals surface area contributed by atoms with Crippen LogP contribution in [0, 0.1) is 0 Å². The first-order chi connectivity index (χ1) is 7.18. The summed E-state index contributed by atoms with van der Waals surface area (Å²) in [5.74, 6) is 0. The molecule has 0 aliphatic heterocycles. The normalized spacial score (nSPS) is 10.5. The zero-order valence-corrected chi connectivity index (χ0v) is 9.68. The fourth-order valence-corrected chi connectivity index (χ4v) is 1.59. The van der Waals surface area contributed by atoms with Crippen LogP contribution in [-0.2, 0) is 13.6 Å². The van der Waals surface area contributed by atoms with Crippen LogP contribution in [0.3, 0.4) is 0 Å². The summed E-state index contributed by atoms with van der Waals surface area (Å²) in [4.78, 5) is 19.6. The first-order valence-electron chi connectivity index (χ1n) is 4.33. The van der Waals surface area contributed by atoms with E-state index in [0.717, 1.165) is 5.69 Å². The lowest BCUT2D eigenvalue weighted by Crippen LogP contribution is -2.22. The summed E-state index contributed by atoms with van der Waals surface area (Å²) in [6.45, 7) is 0.474. The number of aromatic nitrogens is 4. The molecule has 6 heteroatoms. The first-order valence-corrected chi connectivity index (χ1v) is 5.13. The Balaban J connectivity index is 2.37. The maximum Gasteiger partial charge on any atom is 0.267 e. The molecule has 0 unspecified atom stereocenters. The van der Waals surface area contributed by atoms with Crippen molar-refractivity contribution in [3.05, 3.63) is 45.6 Å². The monoisotopic (exact) mass is 268 g/mol. The molecule has 0 saturated carbocycles. The van der Waals surface area contributed by atoms with E-state index in [1.807, 2.05) is 11.6 Å². The molecule has 0 fully saturated rings. The minimum Gasteiger partial charge on any atom is -0.336 e. The van der Waals surface area contributed by atoms with Gasteiger partial charge in [0.2, 0.25) is 0 Å². The predicted octanol–water partition coefficient (Wildman–Crippen LogP) is 0.788. The van der Waals surface area contributed by atoms with Gasteiger partial charge in [-0.25, -0.2) is 9.97 Å². The molecular weight excluding hydrogens is 260 g/mol. The third kappa shape index (κ3) is 1.99. The van der Waals surface area contributed by atoms with E-state index in [1.54, 1.807) is 12.5 Å². The van der Waals surface area contributed by atoms with Gasteiger partial charge in [0.15, 0.2) is 0 Å². The second-order valence-corrected chi connectivity index (χ2v) is 4.02. The van der Waals surface area contributed by atoms with Crippen LogP contribution in [0.1, 0.15) is 5.69 Å². The van der Waals surface area contributed by atoms with Crippen molar-refractivity contribution in [2.75, 3.05) is 0 Å². The van der Waals surface area contributed by atoms with Crippen LogP contribution in [-0.4, -0.2) is 19.1 Å². The molecule has 2 rings (SSSR count). The Hall–Kier alpha value is -1.43. The average Bonchev–Trinajstić information content (AvgIpc) is 2.60. The summed E-state index contributed by atoms with van der Waals surface area (Å²) in [7, 11) is 1.89. The molecule has 0 saturated heterocycles. The Morgan fingerprint density at radius 1 is 1.33 bits per heavy atom. The number of halogens is 1. The molecule has 15 heavy (non-hydrogen) atoms. The summed E-state index contributed by atoms with van der Waals surface area (Å²) in [5, 5.41) is 0. The number of hydrogen-bond acceptors (Lipinski definition) is 3. The van der Waals surface area contributed by atoms with Crippen LogP contribution in [0.4, 0.5) is 0 Å². The van der Waals surface area contributed by atoms with Crippen molar-refractivity contribution in [3.8, 4) is 0 Å². The van der Waals surface area contributed by atoms with Crippen molar-refractivity contribution in [1.29, 1.82) is 0 Å². The highest BCUT2D eigenvalue weighted by molar-refractivity contribution is 9.10. The van der Waals surface area contributed by atoms with Crippen molar-refractivity contribution in [2.45, 2.75) is 6.54 Å². The van der Waals surface area contributed by atoms with Crippen LogP contribution >= 0.6 is 15.9 Å². The van der Waals surface area contributed by atoms with Gasteiger partial charge >= 0.3 is 0 Å². The molecule has 0 atom stereocenters. The van der Waals surface area contributed by atoms with E-state index in [0.29, 0.717) is 11.0 Å². The fourth-order valence-electron chi connectivity index (χ4n) is 1.25. The van der Waals surface area contributed by atoms with Gasteiger partial charge in [-0.3, -0.25) is 9.36 Å². The molecule has 2 aromatic heterocycles. The Bertz CT molecular complexity index is 531. The lowest BCUT2D eigenvalue weighted by molar-refractivity contribution is 0.682. The second-order valence-electron chi connectivity index (χ2n) is 3.17. The molecule has 78 valence electrons. The molecular formula is C9H9BrN4O. The SMILES string of the molecule is Cn1cncc1Cn1cncc(Br)c1=O. The summed E-state index contributed by atoms with van der Waals surface area (Å²) in [6, 6.07) is 0. The van der Waals surface area contributed by atoms with Crippen LogP contribution in [0.2, 0.25) is 0 Å². The van der Waals surface area contributed by atoms with E-state index < -0.39 is 0 Å². The maximum atomic E-state index is 11.7. The summed E-state index contributed by atoms with van der Waals surface area (Å²) in [5.41, 5.74) is 0.864. The molecule has 0 bridgehead atoms. The molecule has 0 aromatic carbocycles. The lowest BCUT2D eigenvalue weighted by Gasteiger charge is -2.05. The lowest BCUT2D eigenvalue weighted by atomic mass is 10.4. The minimum atomic E-state index is -0.0915. The molecule has 0 aliphatic rings. The van der Waals surface area contributed by atoms with E-state index in [2.05, 4.69) is 25.9 Å². The number of nitrogens with zero attached hydrogens (tertiary/aromatic N) is 4. The Morgan fingerprint density at radius 2 is 2.07 bits per heavy atom. The summed E-state index contributed by atoms with van der Waals surface area (Å²) in [6.07, 6.45) is 6.43. The molecule has 0 amide bonds. The summed E-state index contributed by atoms with van der Waals surface area (Å²) >= 11 is 3.15.